The Hall–Kier alpha value is -2.44. The van der Waals surface area contributed by atoms with Crippen molar-refractivity contribution in [2.24, 2.45) is 5.92 Å². The van der Waals surface area contributed by atoms with Crippen molar-refractivity contribution in [3.63, 3.8) is 0 Å². The third kappa shape index (κ3) is 6.36. The van der Waals surface area contributed by atoms with E-state index < -0.39 is 23.6 Å². The van der Waals surface area contributed by atoms with Gasteiger partial charge < -0.3 is 24.6 Å². The number of carbonyl (C=O) groups excluding carboxylic acids is 1. The summed E-state index contributed by atoms with van der Waals surface area (Å²) >= 11 is 0. The van der Waals surface area contributed by atoms with E-state index in [9.17, 15) is 14.7 Å². The highest BCUT2D eigenvalue weighted by atomic mass is 16.6. The van der Waals surface area contributed by atoms with Crippen LogP contribution < -0.4 is 14.8 Å². The Bertz CT molecular complexity index is 579. The second kappa shape index (κ2) is 8.42. The van der Waals surface area contributed by atoms with Gasteiger partial charge in [-0.3, -0.25) is 4.79 Å². The number of carbonyl (C=O) groups is 2. The summed E-state index contributed by atoms with van der Waals surface area (Å²) in [6, 6.07) is 5.21. The smallest absolute Gasteiger partial charge is 0.407 e. The van der Waals surface area contributed by atoms with E-state index in [1.165, 1.54) is 14.2 Å². The van der Waals surface area contributed by atoms with Gasteiger partial charge in [0.05, 0.1) is 20.1 Å². The molecule has 1 rings (SSSR count). The van der Waals surface area contributed by atoms with Gasteiger partial charge >= 0.3 is 12.1 Å². The molecular weight excluding hydrogens is 314 g/mol. The molecule has 0 bridgehead atoms. The fourth-order valence-electron chi connectivity index (χ4n) is 2.06. The normalized spacial score (nSPS) is 12.2. The van der Waals surface area contributed by atoms with Gasteiger partial charge in [0.1, 0.15) is 5.60 Å². The van der Waals surface area contributed by atoms with Crippen LogP contribution in [-0.2, 0) is 16.0 Å². The molecule has 0 aliphatic heterocycles. The Morgan fingerprint density at radius 3 is 2.29 bits per heavy atom. The number of carboxylic acids is 1. The average Bonchev–Trinajstić information content (AvgIpc) is 2.49. The van der Waals surface area contributed by atoms with Crippen molar-refractivity contribution in [2.45, 2.75) is 32.8 Å². The summed E-state index contributed by atoms with van der Waals surface area (Å²) in [5.41, 5.74) is 0.137. The molecule has 24 heavy (non-hydrogen) atoms. The molecule has 0 unspecified atom stereocenters. The fraction of sp³-hybridized carbons (Fsp3) is 0.529. The van der Waals surface area contributed by atoms with Gasteiger partial charge in [-0.15, -0.1) is 0 Å². The quantitative estimate of drug-likeness (QED) is 0.792. The molecule has 1 aromatic rings. The lowest BCUT2D eigenvalue weighted by Crippen LogP contribution is -2.37. The van der Waals surface area contributed by atoms with Crippen LogP contribution >= 0.6 is 0 Å². The molecule has 0 fully saturated rings. The van der Waals surface area contributed by atoms with Gasteiger partial charge in [-0.05, 0) is 44.9 Å². The molecular formula is C17H25NO6. The summed E-state index contributed by atoms with van der Waals surface area (Å²) < 4.78 is 15.5. The van der Waals surface area contributed by atoms with Crippen molar-refractivity contribution < 1.29 is 28.9 Å². The molecule has 0 aromatic heterocycles. The van der Waals surface area contributed by atoms with Crippen LogP contribution in [0.2, 0.25) is 0 Å². The minimum absolute atomic E-state index is 0.0292. The summed E-state index contributed by atoms with van der Waals surface area (Å²) in [5, 5.41) is 11.9. The maximum Gasteiger partial charge on any atom is 0.407 e. The van der Waals surface area contributed by atoms with E-state index in [-0.39, 0.29) is 13.0 Å². The number of carboxylic acid groups (broad SMARTS) is 1. The van der Waals surface area contributed by atoms with E-state index in [0.29, 0.717) is 11.5 Å². The summed E-state index contributed by atoms with van der Waals surface area (Å²) in [7, 11) is 3.04. The van der Waals surface area contributed by atoms with Gasteiger partial charge in [0.2, 0.25) is 0 Å². The summed E-state index contributed by atoms with van der Waals surface area (Å²) in [4.78, 5) is 23.1. The van der Waals surface area contributed by atoms with Gasteiger partial charge in [-0.2, -0.15) is 0 Å². The highest BCUT2D eigenvalue weighted by Gasteiger charge is 2.22. The molecule has 0 saturated heterocycles. The minimum atomic E-state index is -0.999. The number of hydrogen-bond acceptors (Lipinski definition) is 5. The Morgan fingerprint density at radius 2 is 1.79 bits per heavy atom. The maximum absolute atomic E-state index is 11.7. The number of methoxy groups -OCH3 is 2. The van der Waals surface area contributed by atoms with E-state index >= 15 is 0 Å². The monoisotopic (exact) mass is 339 g/mol. The van der Waals surface area contributed by atoms with E-state index in [4.69, 9.17) is 14.2 Å². The highest BCUT2D eigenvalue weighted by molar-refractivity contribution is 5.73. The first-order chi connectivity index (χ1) is 11.2. The maximum atomic E-state index is 11.7. The number of amides is 1. The molecule has 2 N–H and O–H groups in total. The largest absolute Gasteiger partial charge is 0.493 e. The standard InChI is InChI=1S/C17H25NO6/c1-17(2,3)24-16(21)18-10-12(15(19)20)8-11-6-7-13(22-4)14(9-11)23-5/h6-7,9,12H,8,10H2,1-5H3,(H,18,21)(H,19,20)/t12-/m1/s1. The van der Waals surface area contributed by atoms with Crippen LogP contribution in [0.5, 0.6) is 11.5 Å². The van der Waals surface area contributed by atoms with Crippen LogP contribution in [0.3, 0.4) is 0 Å². The van der Waals surface area contributed by atoms with Gasteiger partial charge in [0.15, 0.2) is 11.5 Å². The van der Waals surface area contributed by atoms with Crippen molar-refractivity contribution in [1.29, 1.82) is 0 Å². The lowest BCUT2D eigenvalue weighted by Gasteiger charge is -2.21. The van der Waals surface area contributed by atoms with Crippen LogP contribution in [0.1, 0.15) is 26.3 Å². The zero-order valence-corrected chi connectivity index (χ0v) is 14.7. The number of alkyl carbamates (subject to hydrolysis) is 1. The van der Waals surface area contributed by atoms with Gasteiger partial charge in [-0.1, -0.05) is 6.07 Å². The lowest BCUT2D eigenvalue weighted by atomic mass is 9.99. The SMILES string of the molecule is COc1ccc(C[C@H](CNC(=O)OC(C)(C)C)C(=O)O)cc1OC. The highest BCUT2D eigenvalue weighted by Crippen LogP contribution is 2.28. The van der Waals surface area contributed by atoms with Crippen LogP contribution in [0.15, 0.2) is 18.2 Å². The van der Waals surface area contributed by atoms with E-state index in [1.54, 1.807) is 39.0 Å². The fourth-order valence-corrected chi connectivity index (χ4v) is 2.06. The Balaban J connectivity index is 2.73. The molecule has 0 spiro atoms. The predicted octanol–water partition coefficient (Wildman–Crippen LogP) is 2.47. The molecule has 1 atom stereocenters. The molecule has 0 heterocycles. The van der Waals surface area contributed by atoms with Crippen LogP contribution in [0, 0.1) is 5.92 Å². The zero-order chi connectivity index (χ0) is 18.3. The van der Waals surface area contributed by atoms with E-state index in [1.807, 2.05) is 0 Å². The number of aliphatic carboxylic acids is 1. The number of ether oxygens (including phenoxy) is 3. The van der Waals surface area contributed by atoms with Crippen molar-refractivity contribution in [1.82, 2.24) is 5.32 Å². The number of nitrogens with one attached hydrogen (secondary N) is 1. The lowest BCUT2D eigenvalue weighted by molar-refractivity contribution is -0.141. The van der Waals surface area contributed by atoms with E-state index in [2.05, 4.69) is 5.32 Å². The van der Waals surface area contributed by atoms with Crippen LogP contribution in [0.25, 0.3) is 0 Å². The number of hydrogen-bond donors (Lipinski definition) is 2. The first-order valence-corrected chi connectivity index (χ1v) is 7.57. The summed E-state index contributed by atoms with van der Waals surface area (Å²) in [6.07, 6.45) is -0.396. The molecule has 1 aromatic carbocycles. The zero-order valence-electron chi connectivity index (χ0n) is 14.7. The van der Waals surface area contributed by atoms with Gasteiger partial charge in [0.25, 0.3) is 0 Å². The molecule has 0 aliphatic carbocycles. The van der Waals surface area contributed by atoms with Gasteiger partial charge in [0, 0.05) is 6.54 Å². The van der Waals surface area contributed by atoms with Crippen molar-refractivity contribution in [2.75, 3.05) is 20.8 Å². The van der Waals surface area contributed by atoms with E-state index in [0.717, 1.165) is 5.56 Å². The van der Waals surface area contributed by atoms with Crippen LogP contribution in [0.4, 0.5) is 4.79 Å². The number of benzene rings is 1. The summed E-state index contributed by atoms with van der Waals surface area (Å²) in [5.74, 6) is -0.685. The molecule has 1 amide bonds. The van der Waals surface area contributed by atoms with Gasteiger partial charge in [-0.25, -0.2) is 4.79 Å². The molecule has 134 valence electrons. The molecule has 7 heteroatoms. The van der Waals surface area contributed by atoms with Crippen molar-refractivity contribution in [3.8, 4) is 11.5 Å². The second-order valence-corrected chi connectivity index (χ2v) is 6.31. The molecule has 0 aliphatic rings. The third-order valence-electron chi connectivity index (χ3n) is 3.17. The average molecular weight is 339 g/mol. The Kier molecular flexibility index (Phi) is 6.88. The topological polar surface area (TPSA) is 94.1 Å². The summed E-state index contributed by atoms with van der Waals surface area (Å²) in [6.45, 7) is 5.19. The first-order valence-electron chi connectivity index (χ1n) is 7.57. The Morgan fingerprint density at radius 1 is 1.17 bits per heavy atom. The molecule has 7 nitrogen and oxygen atoms in total. The predicted molar refractivity (Wildman–Crippen MR) is 88.6 cm³/mol. The van der Waals surface area contributed by atoms with Crippen molar-refractivity contribution >= 4 is 12.1 Å². The minimum Gasteiger partial charge on any atom is -0.493 e. The second-order valence-electron chi connectivity index (χ2n) is 6.31. The molecule has 0 radical (unpaired) electrons. The Labute approximate surface area is 141 Å². The molecule has 0 saturated carbocycles. The number of rotatable bonds is 7. The third-order valence-corrected chi connectivity index (χ3v) is 3.17. The van der Waals surface area contributed by atoms with Crippen molar-refractivity contribution in [3.05, 3.63) is 23.8 Å². The first kappa shape index (κ1) is 19.6. The van der Waals surface area contributed by atoms with Crippen LogP contribution in [-0.4, -0.2) is 43.5 Å².